The van der Waals surface area contributed by atoms with Gasteiger partial charge in [-0.1, -0.05) is 43.0 Å². The van der Waals surface area contributed by atoms with Gasteiger partial charge in [-0.25, -0.2) is 4.79 Å². The number of nitrogens with one attached hydrogen (secondary N) is 2. The number of carbonyl (C=O) groups excluding carboxylic acids is 3. The van der Waals surface area contributed by atoms with Gasteiger partial charge < -0.3 is 19.9 Å². The van der Waals surface area contributed by atoms with E-state index in [2.05, 4.69) is 20.8 Å². The van der Waals surface area contributed by atoms with Crippen molar-refractivity contribution in [2.24, 2.45) is 0 Å². The summed E-state index contributed by atoms with van der Waals surface area (Å²) >= 11 is 1.25. The first-order valence-electron chi connectivity index (χ1n) is 11.0. The van der Waals surface area contributed by atoms with Gasteiger partial charge in [0.05, 0.1) is 24.5 Å². The van der Waals surface area contributed by atoms with Crippen LogP contribution in [0.15, 0.2) is 59.8 Å². The zero-order valence-corrected chi connectivity index (χ0v) is 19.9. The smallest absolute Gasteiger partial charge is 0.338 e. The summed E-state index contributed by atoms with van der Waals surface area (Å²) in [5, 5.41) is 14.5. The molecule has 0 aliphatic rings. The van der Waals surface area contributed by atoms with E-state index in [1.54, 1.807) is 48.5 Å². The topological polar surface area (TPSA) is 115 Å². The van der Waals surface area contributed by atoms with Crippen LogP contribution in [0.1, 0.15) is 46.8 Å². The molecule has 0 saturated carbocycles. The van der Waals surface area contributed by atoms with Gasteiger partial charge in [0.15, 0.2) is 11.0 Å². The number of esters is 1. The predicted molar refractivity (Wildman–Crippen MR) is 130 cm³/mol. The maximum absolute atomic E-state index is 12.5. The summed E-state index contributed by atoms with van der Waals surface area (Å²) < 4.78 is 6.98. The minimum absolute atomic E-state index is 0.110. The minimum atomic E-state index is -0.421. The van der Waals surface area contributed by atoms with Gasteiger partial charge in [0.2, 0.25) is 5.91 Å². The van der Waals surface area contributed by atoms with Crippen LogP contribution in [0.4, 0.5) is 5.69 Å². The monoisotopic (exact) mass is 481 g/mol. The highest BCUT2D eigenvalue weighted by Gasteiger charge is 2.15. The van der Waals surface area contributed by atoms with Crippen molar-refractivity contribution >= 4 is 35.2 Å². The normalized spacial score (nSPS) is 10.5. The molecule has 3 aromatic rings. The van der Waals surface area contributed by atoms with Gasteiger partial charge in [-0.05, 0) is 43.7 Å². The second kappa shape index (κ2) is 12.5. The van der Waals surface area contributed by atoms with Crippen LogP contribution in [0.3, 0.4) is 0 Å². The standard InChI is InChI=1S/C24H27N5O4S/c1-3-13-33-23(32)18-11-8-12-19(14-18)26-21(30)16-34-24-28-27-20(29(24)4-2)15-25-22(31)17-9-6-5-7-10-17/h5-12,14H,3-4,13,15-16H2,1-2H3,(H,25,31)(H,26,30). The van der Waals surface area contributed by atoms with E-state index in [1.165, 1.54) is 11.8 Å². The van der Waals surface area contributed by atoms with Crippen LogP contribution >= 0.6 is 11.8 Å². The molecule has 3 rings (SSSR count). The van der Waals surface area contributed by atoms with E-state index in [9.17, 15) is 14.4 Å². The van der Waals surface area contributed by atoms with Crippen LogP contribution in [0, 0.1) is 0 Å². The molecule has 9 nitrogen and oxygen atoms in total. The molecule has 2 N–H and O–H groups in total. The molecule has 178 valence electrons. The van der Waals surface area contributed by atoms with E-state index < -0.39 is 5.97 Å². The molecule has 10 heteroatoms. The first kappa shape index (κ1) is 25.0. The number of benzene rings is 2. The van der Waals surface area contributed by atoms with Gasteiger partial charge in [0.25, 0.3) is 5.91 Å². The van der Waals surface area contributed by atoms with Gasteiger partial charge in [0.1, 0.15) is 0 Å². The second-order valence-corrected chi connectivity index (χ2v) is 8.19. The summed E-state index contributed by atoms with van der Waals surface area (Å²) in [6, 6.07) is 15.6. The Morgan fingerprint density at radius 3 is 2.50 bits per heavy atom. The molecule has 0 aliphatic heterocycles. The maximum atomic E-state index is 12.5. The molecule has 0 radical (unpaired) electrons. The van der Waals surface area contributed by atoms with Crippen molar-refractivity contribution in [3.05, 3.63) is 71.5 Å². The fraction of sp³-hybridized carbons (Fsp3) is 0.292. The molecule has 0 aliphatic carbocycles. The molecule has 2 aromatic carbocycles. The summed E-state index contributed by atoms with van der Waals surface area (Å²) in [6.45, 7) is 5.03. The van der Waals surface area contributed by atoms with Crippen LogP contribution in [-0.4, -0.2) is 44.9 Å². The lowest BCUT2D eigenvalue weighted by atomic mass is 10.2. The summed E-state index contributed by atoms with van der Waals surface area (Å²) in [7, 11) is 0. The molecule has 0 fully saturated rings. The molecule has 34 heavy (non-hydrogen) atoms. The molecule has 0 bridgehead atoms. The number of hydrogen-bond acceptors (Lipinski definition) is 7. The van der Waals surface area contributed by atoms with E-state index in [0.29, 0.717) is 40.9 Å². The Hall–Kier alpha value is -3.66. The predicted octanol–water partition coefficient (Wildman–Crippen LogP) is 3.53. The minimum Gasteiger partial charge on any atom is -0.462 e. The number of amides is 2. The van der Waals surface area contributed by atoms with E-state index >= 15 is 0 Å². The van der Waals surface area contributed by atoms with Crippen molar-refractivity contribution in [1.82, 2.24) is 20.1 Å². The SMILES string of the molecule is CCCOC(=O)c1cccc(NC(=O)CSc2nnc(CNC(=O)c3ccccc3)n2CC)c1. The number of hydrogen-bond donors (Lipinski definition) is 2. The molecular weight excluding hydrogens is 454 g/mol. The summed E-state index contributed by atoms with van der Waals surface area (Å²) in [6.07, 6.45) is 0.739. The van der Waals surface area contributed by atoms with Crippen LogP contribution < -0.4 is 10.6 Å². The fourth-order valence-electron chi connectivity index (χ4n) is 3.05. The number of nitrogens with zero attached hydrogens (tertiary/aromatic N) is 3. The molecule has 0 unspecified atom stereocenters. The van der Waals surface area contributed by atoms with E-state index in [0.717, 1.165) is 6.42 Å². The van der Waals surface area contributed by atoms with E-state index in [4.69, 9.17) is 4.74 Å². The lowest BCUT2D eigenvalue weighted by Crippen LogP contribution is -2.24. The molecule has 0 atom stereocenters. The highest BCUT2D eigenvalue weighted by molar-refractivity contribution is 7.99. The van der Waals surface area contributed by atoms with Crippen molar-refractivity contribution in [2.45, 2.75) is 38.5 Å². The lowest BCUT2D eigenvalue weighted by Gasteiger charge is -2.09. The highest BCUT2D eigenvalue weighted by atomic mass is 32.2. The van der Waals surface area contributed by atoms with Gasteiger partial charge >= 0.3 is 5.97 Å². The number of ether oxygens (including phenoxy) is 1. The zero-order valence-electron chi connectivity index (χ0n) is 19.1. The first-order valence-corrected chi connectivity index (χ1v) is 12.0. The van der Waals surface area contributed by atoms with Crippen LogP contribution in [0.25, 0.3) is 0 Å². The number of thioether (sulfide) groups is 1. The number of carbonyl (C=O) groups is 3. The molecule has 0 saturated heterocycles. The van der Waals surface area contributed by atoms with Gasteiger partial charge in [-0.2, -0.15) is 0 Å². The molecule has 1 heterocycles. The Labute approximate surface area is 202 Å². The Morgan fingerprint density at radius 2 is 1.76 bits per heavy atom. The Balaban J connectivity index is 1.54. The third-order valence-electron chi connectivity index (χ3n) is 4.70. The Morgan fingerprint density at radius 1 is 1.00 bits per heavy atom. The average molecular weight is 482 g/mol. The molecule has 2 amide bonds. The van der Waals surface area contributed by atoms with Crippen molar-refractivity contribution in [3.8, 4) is 0 Å². The maximum Gasteiger partial charge on any atom is 0.338 e. The Kier molecular flexibility index (Phi) is 9.21. The molecule has 0 spiro atoms. The molecule has 1 aromatic heterocycles. The summed E-state index contributed by atoms with van der Waals surface area (Å²) in [5.74, 6) is -0.142. The second-order valence-electron chi connectivity index (χ2n) is 7.25. The van der Waals surface area contributed by atoms with Crippen molar-refractivity contribution in [3.63, 3.8) is 0 Å². The van der Waals surface area contributed by atoms with Crippen molar-refractivity contribution < 1.29 is 19.1 Å². The van der Waals surface area contributed by atoms with E-state index in [1.807, 2.05) is 24.5 Å². The zero-order chi connectivity index (χ0) is 24.3. The Bertz CT molecular complexity index is 1130. The summed E-state index contributed by atoms with van der Waals surface area (Å²) in [5.41, 5.74) is 1.46. The van der Waals surface area contributed by atoms with Crippen LogP contribution in [-0.2, 0) is 22.6 Å². The van der Waals surface area contributed by atoms with Gasteiger partial charge in [-0.3, -0.25) is 9.59 Å². The molecular formula is C24H27N5O4S. The highest BCUT2D eigenvalue weighted by Crippen LogP contribution is 2.18. The van der Waals surface area contributed by atoms with Crippen molar-refractivity contribution in [1.29, 1.82) is 0 Å². The quantitative estimate of drug-likeness (QED) is 0.318. The number of rotatable bonds is 11. The number of aromatic nitrogens is 3. The third-order valence-corrected chi connectivity index (χ3v) is 5.67. The number of anilines is 1. The van der Waals surface area contributed by atoms with Crippen LogP contribution in [0.2, 0.25) is 0 Å². The largest absolute Gasteiger partial charge is 0.462 e. The van der Waals surface area contributed by atoms with Crippen molar-refractivity contribution in [2.75, 3.05) is 17.7 Å². The average Bonchev–Trinajstić information content (AvgIpc) is 3.27. The van der Waals surface area contributed by atoms with Gasteiger partial charge in [-0.15, -0.1) is 10.2 Å². The fourth-order valence-corrected chi connectivity index (χ4v) is 3.88. The lowest BCUT2D eigenvalue weighted by molar-refractivity contribution is -0.113. The van der Waals surface area contributed by atoms with Gasteiger partial charge in [0, 0.05) is 17.8 Å². The summed E-state index contributed by atoms with van der Waals surface area (Å²) in [4.78, 5) is 36.7. The third kappa shape index (κ3) is 6.92. The van der Waals surface area contributed by atoms with E-state index in [-0.39, 0.29) is 24.1 Å². The van der Waals surface area contributed by atoms with Crippen LogP contribution in [0.5, 0.6) is 0 Å². The first-order chi connectivity index (χ1) is 16.5.